The Bertz CT molecular complexity index is 702. The van der Waals surface area contributed by atoms with Gasteiger partial charge in [-0.2, -0.15) is 0 Å². The summed E-state index contributed by atoms with van der Waals surface area (Å²) in [7, 11) is 1.87. The fraction of sp³-hybridized carbons (Fsp3) is 0.312. The first-order valence-corrected chi connectivity index (χ1v) is 7.20. The molecular formula is C16H18N4O2. The molecule has 1 aromatic carbocycles. The van der Waals surface area contributed by atoms with Crippen LogP contribution in [0.2, 0.25) is 0 Å². The van der Waals surface area contributed by atoms with Gasteiger partial charge >= 0.3 is 0 Å². The Morgan fingerprint density at radius 3 is 2.55 bits per heavy atom. The number of nitrogens with one attached hydrogen (secondary N) is 1. The van der Waals surface area contributed by atoms with Gasteiger partial charge in [0.1, 0.15) is 0 Å². The van der Waals surface area contributed by atoms with Crippen molar-refractivity contribution < 1.29 is 9.59 Å². The first kappa shape index (κ1) is 14.3. The Balaban J connectivity index is 1.68. The lowest BCUT2D eigenvalue weighted by Gasteiger charge is -2.37. The summed E-state index contributed by atoms with van der Waals surface area (Å²) in [6.07, 6.45) is 1.74. The number of hydrogen-bond acceptors (Lipinski definition) is 3. The molecule has 2 amide bonds. The van der Waals surface area contributed by atoms with Crippen molar-refractivity contribution >= 4 is 17.8 Å². The predicted molar refractivity (Wildman–Crippen MR) is 83.0 cm³/mol. The van der Waals surface area contributed by atoms with Crippen LogP contribution < -0.4 is 5.32 Å². The fourth-order valence-corrected chi connectivity index (χ4v) is 2.52. The minimum absolute atomic E-state index is 0.00686. The molecule has 1 N–H and O–H groups in total. The number of nitrogens with zero attached hydrogens (tertiary/aromatic N) is 3. The lowest BCUT2D eigenvalue weighted by atomic mass is 9.99. The van der Waals surface area contributed by atoms with Crippen LogP contribution in [0.5, 0.6) is 0 Å². The summed E-state index contributed by atoms with van der Waals surface area (Å²) in [5, 5.41) is 2.84. The Hall–Kier alpha value is -2.63. The van der Waals surface area contributed by atoms with Crippen molar-refractivity contribution in [3.05, 3.63) is 36.5 Å². The maximum absolute atomic E-state index is 12.2. The first-order chi connectivity index (χ1) is 10.6. The van der Waals surface area contributed by atoms with Crippen LogP contribution >= 0.6 is 0 Å². The van der Waals surface area contributed by atoms with Gasteiger partial charge in [-0.3, -0.25) is 14.9 Å². The number of carbonyl (C=O) groups is 2. The maximum Gasteiger partial charge on any atom is 0.233 e. The van der Waals surface area contributed by atoms with Crippen molar-refractivity contribution in [3.63, 3.8) is 0 Å². The number of hydrogen-bond donors (Lipinski definition) is 1. The van der Waals surface area contributed by atoms with E-state index in [1.165, 1.54) is 6.92 Å². The predicted octanol–water partition coefficient (Wildman–Crippen LogP) is 1.50. The van der Waals surface area contributed by atoms with Crippen molar-refractivity contribution in [3.8, 4) is 11.3 Å². The Kier molecular flexibility index (Phi) is 3.66. The quantitative estimate of drug-likeness (QED) is 0.934. The third-order valence-electron chi connectivity index (χ3n) is 3.99. The Labute approximate surface area is 128 Å². The van der Waals surface area contributed by atoms with Crippen LogP contribution in [-0.4, -0.2) is 39.4 Å². The Morgan fingerprint density at radius 2 is 1.91 bits per heavy atom. The molecule has 0 radical (unpaired) electrons. The van der Waals surface area contributed by atoms with E-state index in [9.17, 15) is 9.59 Å². The smallest absolute Gasteiger partial charge is 0.233 e. The second kappa shape index (κ2) is 5.63. The first-order valence-electron chi connectivity index (χ1n) is 7.20. The van der Waals surface area contributed by atoms with Crippen molar-refractivity contribution in [1.29, 1.82) is 0 Å². The van der Waals surface area contributed by atoms with E-state index in [2.05, 4.69) is 10.3 Å². The molecule has 0 saturated carbocycles. The summed E-state index contributed by atoms with van der Waals surface area (Å²) < 4.78 is 1.86. The van der Waals surface area contributed by atoms with Gasteiger partial charge in [-0.25, -0.2) is 4.98 Å². The van der Waals surface area contributed by atoms with Crippen LogP contribution in [0.15, 0.2) is 36.5 Å². The summed E-state index contributed by atoms with van der Waals surface area (Å²) in [5.41, 5.74) is 1.99. The Morgan fingerprint density at radius 1 is 1.23 bits per heavy atom. The molecule has 6 nitrogen and oxygen atoms in total. The van der Waals surface area contributed by atoms with E-state index in [0.717, 1.165) is 11.3 Å². The van der Waals surface area contributed by atoms with Crippen molar-refractivity contribution in [1.82, 2.24) is 14.5 Å². The average molecular weight is 298 g/mol. The van der Waals surface area contributed by atoms with Gasteiger partial charge in [-0.15, -0.1) is 0 Å². The van der Waals surface area contributed by atoms with Gasteiger partial charge < -0.3 is 9.47 Å². The molecule has 2 aromatic rings. The molecule has 0 unspecified atom stereocenters. The molecule has 1 aliphatic heterocycles. The molecule has 0 atom stereocenters. The summed E-state index contributed by atoms with van der Waals surface area (Å²) in [6, 6.07) is 9.88. The van der Waals surface area contributed by atoms with Crippen LogP contribution in [0.1, 0.15) is 6.92 Å². The summed E-state index contributed by atoms with van der Waals surface area (Å²) in [4.78, 5) is 29.2. The average Bonchev–Trinajstić information content (AvgIpc) is 2.79. The van der Waals surface area contributed by atoms with Crippen LogP contribution in [-0.2, 0) is 16.6 Å². The largest absolute Gasteiger partial charge is 0.341 e. The van der Waals surface area contributed by atoms with E-state index in [1.807, 2.05) is 41.9 Å². The number of anilines is 1. The van der Waals surface area contributed by atoms with Gasteiger partial charge in [0.15, 0.2) is 0 Å². The minimum Gasteiger partial charge on any atom is -0.341 e. The molecule has 1 aliphatic rings. The molecule has 114 valence electrons. The van der Waals surface area contributed by atoms with Gasteiger partial charge in [0.05, 0.1) is 17.8 Å². The van der Waals surface area contributed by atoms with Crippen LogP contribution in [0.25, 0.3) is 11.3 Å². The molecule has 3 rings (SSSR count). The minimum atomic E-state index is -0.152. The summed E-state index contributed by atoms with van der Waals surface area (Å²) in [6.45, 7) is 2.48. The molecule has 0 spiro atoms. The zero-order valence-corrected chi connectivity index (χ0v) is 12.6. The number of carbonyl (C=O) groups excluding carboxylic acids is 2. The number of rotatable bonds is 3. The zero-order chi connectivity index (χ0) is 15.7. The lowest BCUT2D eigenvalue weighted by molar-refractivity contribution is -0.139. The highest BCUT2D eigenvalue weighted by Crippen LogP contribution is 2.23. The van der Waals surface area contributed by atoms with E-state index in [-0.39, 0.29) is 17.7 Å². The highest BCUT2D eigenvalue weighted by Gasteiger charge is 2.34. The van der Waals surface area contributed by atoms with E-state index in [1.54, 1.807) is 11.1 Å². The van der Waals surface area contributed by atoms with E-state index in [4.69, 9.17) is 0 Å². The third kappa shape index (κ3) is 2.59. The van der Waals surface area contributed by atoms with E-state index < -0.39 is 0 Å². The summed E-state index contributed by atoms with van der Waals surface area (Å²) >= 11 is 0. The van der Waals surface area contributed by atoms with Crippen molar-refractivity contribution in [2.75, 3.05) is 18.4 Å². The van der Waals surface area contributed by atoms with Crippen LogP contribution in [0, 0.1) is 5.92 Å². The highest BCUT2D eigenvalue weighted by molar-refractivity contribution is 5.93. The van der Waals surface area contributed by atoms with Crippen LogP contribution in [0.4, 0.5) is 5.95 Å². The molecular weight excluding hydrogens is 280 g/mol. The monoisotopic (exact) mass is 298 g/mol. The van der Waals surface area contributed by atoms with E-state index in [0.29, 0.717) is 19.0 Å². The van der Waals surface area contributed by atoms with Gasteiger partial charge in [-0.05, 0) is 5.56 Å². The summed E-state index contributed by atoms with van der Waals surface area (Å²) in [5.74, 6) is 0.282. The van der Waals surface area contributed by atoms with Gasteiger partial charge in [0.2, 0.25) is 17.8 Å². The van der Waals surface area contributed by atoms with Gasteiger partial charge in [-0.1, -0.05) is 30.3 Å². The number of benzene rings is 1. The molecule has 0 aliphatic carbocycles. The SMILES string of the molecule is CC(=O)N1CC(C(=O)Nc2ncc(-c3ccccc3)n2C)C1. The molecule has 2 heterocycles. The third-order valence-corrected chi connectivity index (χ3v) is 3.99. The fourth-order valence-electron chi connectivity index (χ4n) is 2.52. The molecule has 1 aromatic heterocycles. The highest BCUT2D eigenvalue weighted by atomic mass is 16.2. The van der Waals surface area contributed by atoms with E-state index >= 15 is 0 Å². The lowest BCUT2D eigenvalue weighted by Crippen LogP contribution is -2.53. The van der Waals surface area contributed by atoms with Crippen LogP contribution in [0.3, 0.4) is 0 Å². The molecule has 22 heavy (non-hydrogen) atoms. The molecule has 0 bridgehead atoms. The van der Waals surface area contributed by atoms with Gasteiger partial charge in [0.25, 0.3) is 0 Å². The molecule has 1 saturated heterocycles. The number of likely N-dealkylation sites (tertiary alicyclic amines) is 1. The maximum atomic E-state index is 12.2. The molecule has 1 fully saturated rings. The van der Waals surface area contributed by atoms with Gasteiger partial charge in [0, 0.05) is 27.1 Å². The zero-order valence-electron chi connectivity index (χ0n) is 12.6. The molecule has 6 heteroatoms. The number of aromatic nitrogens is 2. The number of amides is 2. The normalized spacial score (nSPS) is 14.5. The standard InChI is InChI=1S/C16H18N4O2/c1-11(21)20-9-13(10-20)15(22)18-16-17-8-14(19(16)2)12-6-4-3-5-7-12/h3-8,13H,9-10H2,1-2H3,(H,17,18,22). The van der Waals surface area contributed by atoms with Crippen molar-refractivity contribution in [2.45, 2.75) is 6.92 Å². The number of imidazole rings is 1. The topological polar surface area (TPSA) is 67.2 Å². The van der Waals surface area contributed by atoms with Crippen molar-refractivity contribution in [2.24, 2.45) is 13.0 Å². The second-order valence-corrected chi connectivity index (χ2v) is 5.50. The second-order valence-electron chi connectivity index (χ2n) is 5.50.